The molecule has 18 heavy (non-hydrogen) atoms. The van der Waals surface area contributed by atoms with Gasteiger partial charge >= 0.3 is 6.03 Å². The Bertz CT molecular complexity index is 451. The number of nitrogens with one attached hydrogen (secondary N) is 2. The van der Waals surface area contributed by atoms with Crippen molar-refractivity contribution in [2.45, 2.75) is 25.9 Å². The monoisotopic (exact) mass is 253 g/mol. The van der Waals surface area contributed by atoms with E-state index in [0.29, 0.717) is 5.56 Å². The molecule has 0 aliphatic carbocycles. The second-order valence-electron chi connectivity index (χ2n) is 4.02. The average molecular weight is 253 g/mol. The fraction of sp³-hybridized carbons (Fsp3) is 0.333. The van der Waals surface area contributed by atoms with Gasteiger partial charge in [-0.3, -0.25) is 15.4 Å². The van der Waals surface area contributed by atoms with Crippen LogP contribution < -0.4 is 16.4 Å². The number of carbonyl (C=O) groups excluding carboxylic acids is 2. The molecule has 0 saturated heterocycles. The third kappa shape index (κ3) is 4.14. The molecule has 98 valence electrons. The molecule has 1 rings (SSSR count). The lowest BCUT2D eigenvalue weighted by molar-refractivity contribution is -0.121. The molecule has 4 N–H and O–H groups in total. The number of hydrogen-bond acceptors (Lipinski definition) is 3. The summed E-state index contributed by atoms with van der Waals surface area (Å²) in [4.78, 5) is 22.0. The standard InChI is InChI=1S/C12H16FN3O2/c1-7(9-4-3-5-10(13)6-9)15-8(2)11(17)16-12(14)18/h3-8,15H,1-2H3,(H3,14,16,17,18)/t7-,8?/m1/s1. The van der Waals surface area contributed by atoms with Gasteiger partial charge in [0.05, 0.1) is 6.04 Å². The molecule has 0 heterocycles. The minimum Gasteiger partial charge on any atom is -0.351 e. The van der Waals surface area contributed by atoms with Crippen LogP contribution in [0.3, 0.4) is 0 Å². The van der Waals surface area contributed by atoms with Crippen LogP contribution in [0, 0.1) is 5.82 Å². The molecule has 0 fully saturated rings. The highest BCUT2D eigenvalue weighted by Crippen LogP contribution is 2.13. The van der Waals surface area contributed by atoms with Crippen molar-refractivity contribution in [1.82, 2.24) is 10.6 Å². The Morgan fingerprint density at radius 2 is 2.00 bits per heavy atom. The third-order valence-corrected chi connectivity index (χ3v) is 2.49. The van der Waals surface area contributed by atoms with Crippen molar-refractivity contribution in [3.8, 4) is 0 Å². The van der Waals surface area contributed by atoms with Gasteiger partial charge in [0, 0.05) is 6.04 Å². The lowest BCUT2D eigenvalue weighted by Crippen LogP contribution is -2.47. The zero-order chi connectivity index (χ0) is 13.7. The van der Waals surface area contributed by atoms with Gasteiger partial charge in [0.25, 0.3) is 0 Å². The molecule has 6 heteroatoms. The van der Waals surface area contributed by atoms with Crippen molar-refractivity contribution in [2.24, 2.45) is 5.73 Å². The van der Waals surface area contributed by atoms with Crippen molar-refractivity contribution >= 4 is 11.9 Å². The molecular formula is C12H16FN3O2. The Hall–Kier alpha value is -1.95. The molecule has 0 bridgehead atoms. The van der Waals surface area contributed by atoms with Gasteiger partial charge in [-0.2, -0.15) is 0 Å². The summed E-state index contributed by atoms with van der Waals surface area (Å²) in [5, 5.41) is 4.92. The molecule has 0 aromatic heterocycles. The summed E-state index contributed by atoms with van der Waals surface area (Å²) in [5.41, 5.74) is 5.56. The molecule has 5 nitrogen and oxygen atoms in total. The van der Waals surface area contributed by atoms with Crippen LogP contribution >= 0.6 is 0 Å². The first-order chi connectivity index (χ1) is 8.40. The first-order valence-electron chi connectivity index (χ1n) is 5.52. The van der Waals surface area contributed by atoms with Gasteiger partial charge in [0.2, 0.25) is 5.91 Å². The smallest absolute Gasteiger partial charge is 0.318 e. The molecule has 1 unspecified atom stereocenters. The number of nitrogens with two attached hydrogens (primary N) is 1. The van der Waals surface area contributed by atoms with Crippen LogP contribution in [0.15, 0.2) is 24.3 Å². The summed E-state index contributed by atoms with van der Waals surface area (Å²) < 4.78 is 13.0. The van der Waals surface area contributed by atoms with Crippen LogP contribution in [0.1, 0.15) is 25.5 Å². The van der Waals surface area contributed by atoms with E-state index in [1.54, 1.807) is 26.0 Å². The van der Waals surface area contributed by atoms with Gasteiger partial charge < -0.3 is 5.73 Å². The number of urea groups is 1. The lowest BCUT2D eigenvalue weighted by Gasteiger charge is -2.19. The fourth-order valence-corrected chi connectivity index (χ4v) is 1.55. The predicted octanol–water partition coefficient (Wildman–Crippen LogP) is 1.06. The maximum Gasteiger partial charge on any atom is 0.318 e. The number of benzene rings is 1. The number of amides is 3. The summed E-state index contributed by atoms with van der Waals surface area (Å²) in [7, 11) is 0. The fourth-order valence-electron chi connectivity index (χ4n) is 1.55. The van der Waals surface area contributed by atoms with Crippen molar-refractivity contribution in [3.05, 3.63) is 35.6 Å². The maximum atomic E-state index is 13.0. The number of rotatable bonds is 4. The van der Waals surface area contributed by atoms with Crippen LogP contribution in [0.2, 0.25) is 0 Å². The van der Waals surface area contributed by atoms with Crippen LogP contribution in [-0.4, -0.2) is 18.0 Å². The highest BCUT2D eigenvalue weighted by molar-refractivity contribution is 5.96. The van der Waals surface area contributed by atoms with Crippen LogP contribution in [0.5, 0.6) is 0 Å². The van der Waals surface area contributed by atoms with E-state index in [9.17, 15) is 14.0 Å². The second kappa shape index (κ2) is 6.11. The molecule has 0 aliphatic heterocycles. The van der Waals surface area contributed by atoms with E-state index in [-0.39, 0.29) is 11.9 Å². The summed E-state index contributed by atoms with van der Waals surface area (Å²) in [6, 6.07) is 4.34. The predicted molar refractivity (Wildman–Crippen MR) is 65.1 cm³/mol. The molecule has 0 saturated carbocycles. The summed E-state index contributed by atoms with van der Waals surface area (Å²) >= 11 is 0. The van der Waals surface area contributed by atoms with Crippen molar-refractivity contribution in [3.63, 3.8) is 0 Å². The van der Waals surface area contributed by atoms with Crippen LogP contribution in [0.4, 0.5) is 9.18 Å². The Balaban J connectivity index is 2.61. The van der Waals surface area contributed by atoms with E-state index in [4.69, 9.17) is 5.73 Å². The number of carbonyl (C=O) groups is 2. The maximum absolute atomic E-state index is 13.0. The molecule has 2 atom stereocenters. The highest BCUT2D eigenvalue weighted by Gasteiger charge is 2.17. The number of halogens is 1. The Labute approximate surface area is 105 Å². The molecule has 0 aliphatic rings. The average Bonchev–Trinajstić information content (AvgIpc) is 2.27. The Morgan fingerprint density at radius 1 is 1.33 bits per heavy atom. The molecule has 3 amide bonds. The van der Waals surface area contributed by atoms with Gasteiger partial charge in [-0.25, -0.2) is 9.18 Å². The van der Waals surface area contributed by atoms with Gasteiger partial charge in [0.1, 0.15) is 5.82 Å². The van der Waals surface area contributed by atoms with Crippen molar-refractivity contribution in [2.75, 3.05) is 0 Å². The molecule has 0 radical (unpaired) electrons. The summed E-state index contributed by atoms with van der Waals surface area (Å²) in [6.07, 6.45) is 0. The largest absolute Gasteiger partial charge is 0.351 e. The summed E-state index contributed by atoms with van der Waals surface area (Å²) in [6.45, 7) is 3.39. The van der Waals surface area contributed by atoms with Crippen LogP contribution in [0.25, 0.3) is 0 Å². The topological polar surface area (TPSA) is 84.2 Å². The zero-order valence-corrected chi connectivity index (χ0v) is 10.2. The Morgan fingerprint density at radius 3 is 2.56 bits per heavy atom. The minimum absolute atomic E-state index is 0.227. The van der Waals surface area contributed by atoms with Gasteiger partial charge in [0.15, 0.2) is 0 Å². The summed E-state index contributed by atoms with van der Waals surface area (Å²) in [5.74, 6) is -0.860. The normalized spacial score (nSPS) is 13.7. The SMILES string of the molecule is CC(N[C@H](C)c1cccc(F)c1)C(=O)NC(N)=O. The Kier molecular flexibility index (Phi) is 4.79. The van der Waals surface area contributed by atoms with E-state index >= 15 is 0 Å². The first kappa shape index (κ1) is 14.1. The third-order valence-electron chi connectivity index (χ3n) is 2.49. The number of hydrogen-bond donors (Lipinski definition) is 3. The quantitative estimate of drug-likeness (QED) is 0.750. The molecular weight excluding hydrogens is 237 g/mol. The van der Waals surface area contributed by atoms with Gasteiger partial charge in [-0.15, -0.1) is 0 Å². The van der Waals surface area contributed by atoms with Gasteiger partial charge in [-0.05, 0) is 31.5 Å². The second-order valence-corrected chi connectivity index (χ2v) is 4.02. The first-order valence-corrected chi connectivity index (χ1v) is 5.52. The van der Waals surface area contributed by atoms with Crippen molar-refractivity contribution < 1.29 is 14.0 Å². The number of imide groups is 1. The van der Waals surface area contributed by atoms with E-state index in [2.05, 4.69) is 5.32 Å². The highest BCUT2D eigenvalue weighted by atomic mass is 19.1. The molecule has 1 aromatic rings. The molecule has 0 spiro atoms. The zero-order valence-electron chi connectivity index (χ0n) is 10.2. The van der Waals surface area contributed by atoms with E-state index in [0.717, 1.165) is 0 Å². The van der Waals surface area contributed by atoms with E-state index < -0.39 is 18.0 Å². The van der Waals surface area contributed by atoms with E-state index in [1.807, 2.05) is 5.32 Å². The molecule has 1 aromatic carbocycles. The number of primary amides is 1. The van der Waals surface area contributed by atoms with Crippen LogP contribution in [-0.2, 0) is 4.79 Å². The van der Waals surface area contributed by atoms with Gasteiger partial charge in [-0.1, -0.05) is 12.1 Å². The van der Waals surface area contributed by atoms with Crippen molar-refractivity contribution in [1.29, 1.82) is 0 Å². The van der Waals surface area contributed by atoms with E-state index in [1.165, 1.54) is 12.1 Å². The minimum atomic E-state index is -0.896. The lowest BCUT2D eigenvalue weighted by atomic mass is 10.1.